The zero-order valence-corrected chi connectivity index (χ0v) is 17.3. The number of hydrogen-bond donors (Lipinski definition) is 1. The van der Waals surface area contributed by atoms with Crippen LogP contribution in [-0.2, 0) is 14.8 Å². The Morgan fingerprint density at radius 1 is 1.21 bits per heavy atom. The van der Waals surface area contributed by atoms with E-state index in [-0.39, 0.29) is 35.0 Å². The number of methoxy groups -OCH3 is 1. The van der Waals surface area contributed by atoms with Gasteiger partial charge in [-0.05, 0) is 46.3 Å². The Balaban J connectivity index is 1.86. The molecule has 10 heteroatoms. The van der Waals surface area contributed by atoms with Crippen LogP contribution >= 0.6 is 15.9 Å². The summed E-state index contributed by atoms with van der Waals surface area (Å²) in [5.74, 6) is -1.12. The van der Waals surface area contributed by atoms with Crippen LogP contribution < -0.4 is 10.1 Å². The highest BCUT2D eigenvalue weighted by atomic mass is 79.9. The van der Waals surface area contributed by atoms with E-state index in [1.165, 1.54) is 41.7 Å². The Hall–Kier alpha value is -2.01. The Kier molecular flexibility index (Phi) is 6.33. The molecule has 1 amide bonds. The van der Waals surface area contributed by atoms with E-state index in [2.05, 4.69) is 21.2 Å². The molecule has 28 heavy (non-hydrogen) atoms. The van der Waals surface area contributed by atoms with Gasteiger partial charge >= 0.3 is 0 Å². The highest BCUT2D eigenvalue weighted by molar-refractivity contribution is 9.10. The van der Waals surface area contributed by atoms with E-state index in [0.29, 0.717) is 17.7 Å². The van der Waals surface area contributed by atoms with Gasteiger partial charge in [-0.15, -0.1) is 0 Å². The smallest absolute Gasteiger partial charge is 0.255 e. The maximum atomic E-state index is 13.8. The van der Waals surface area contributed by atoms with Crippen LogP contribution in [0.3, 0.4) is 0 Å². The molecule has 0 unspecified atom stereocenters. The summed E-state index contributed by atoms with van der Waals surface area (Å²) >= 11 is 3.24. The maximum Gasteiger partial charge on any atom is 0.255 e. The van der Waals surface area contributed by atoms with Gasteiger partial charge in [0.1, 0.15) is 0 Å². The van der Waals surface area contributed by atoms with Gasteiger partial charge in [0.2, 0.25) is 10.0 Å². The van der Waals surface area contributed by atoms with Crippen LogP contribution in [0.25, 0.3) is 0 Å². The number of ether oxygens (including phenoxy) is 2. The Morgan fingerprint density at radius 3 is 2.57 bits per heavy atom. The molecule has 0 bridgehead atoms. The molecule has 0 spiro atoms. The fourth-order valence-electron chi connectivity index (χ4n) is 2.72. The molecule has 0 aromatic heterocycles. The lowest BCUT2D eigenvalue weighted by Gasteiger charge is -2.26. The number of morpholine rings is 1. The molecule has 1 saturated heterocycles. The number of nitrogens with one attached hydrogen (secondary N) is 1. The van der Waals surface area contributed by atoms with Crippen molar-refractivity contribution in [3.05, 3.63) is 52.3 Å². The van der Waals surface area contributed by atoms with Gasteiger partial charge < -0.3 is 14.8 Å². The van der Waals surface area contributed by atoms with Crippen LogP contribution in [0.2, 0.25) is 0 Å². The lowest BCUT2D eigenvalue weighted by molar-refractivity contribution is 0.0730. The first-order chi connectivity index (χ1) is 13.3. The van der Waals surface area contributed by atoms with Crippen LogP contribution in [0.1, 0.15) is 10.4 Å². The Bertz CT molecular complexity index is 993. The zero-order valence-electron chi connectivity index (χ0n) is 14.9. The Morgan fingerprint density at radius 2 is 1.93 bits per heavy atom. The molecule has 3 rings (SSSR count). The number of hydrogen-bond acceptors (Lipinski definition) is 5. The predicted octanol–water partition coefficient (Wildman–Crippen LogP) is 2.87. The van der Waals surface area contributed by atoms with Crippen molar-refractivity contribution >= 4 is 37.5 Å². The van der Waals surface area contributed by atoms with Gasteiger partial charge in [0.25, 0.3) is 5.91 Å². The molecule has 150 valence electrons. The van der Waals surface area contributed by atoms with E-state index < -0.39 is 21.7 Å². The van der Waals surface area contributed by atoms with Crippen molar-refractivity contribution in [1.82, 2.24) is 4.31 Å². The number of nitrogens with zero attached hydrogens (tertiary/aromatic N) is 1. The number of rotatable bonds is 5. The number of halogens is 2. The molecule has 1 heterocycles. The summed E-state index contributed by atoms with van der Waals surface area (Å²) in [6.45, 7) is 1.13. The first-order valence-electron chi connectivity index (χ1n) is 8.35. The topological polar surface area (TPSA) is 84.9 Å². The third-order valence-electron chi connectivity index (χ3n) is 4.19. The quantitative estimate of drug-likeness (QED) is 0.722. The van der Waals surface area contributed by atoms with Crippen molar-refractivity contribution in [2.75, 3.05) is 38.7 Å². The molecule has 7 nitrogen and oxygen atoms in total. The average Bonchev–Trinajstić information content (AvgIpc) is 2.69. The first kappa shape index (κ1) is 20.7. The van der Waals surface area contributed by atoms with Gasteiger partial charge in [-0.3, -0.25) is 4.79 Å². The van der Waals surface area contributed by atoms with Crippen molar-refractivity contribution in [1.29, 1.82) is 0 Å². The minimum absolute atomic E-state index is 0.0111. The Labute approximate surface area is 170 Å². The van der Waals surface area contributed by atoms with Crippen molar-refractivity contribution in [3.8, 4) is 5.75 Å². The molecule has 1 N–H and O–H groups in total. The second kappa shape index (κ2) is 8.56. The number of carbonyl (C=O) groups excluding carboxylic acids is 1. The number of amides is 1. The number of anilines is 1. The third kappa shape index (κ3) is 4.35. The van der Waals surface area contributed by atoms with Crippen molar-refractivity contribution in [2.45, 2.75) is 4.90 Å². The highest BCUT2D eigenvalue weighted by Crippen LogP contribution is 2.27. The maximum absolute atomic E-state index is 13.8. The average molecular weight is 473 g/mol. The summed E-state index contributed by atoms with van der Waals surface area (Å²) in [6.07, 6.45) is 0. The summed E-state index contributed by atoms with van der Waals surface area (Å²) in [6, 6.07) is 8.28. The van der Waals surface area contributed by atoms with Crippen LogP contribution in [0, 0.1) is 5.82 Å². The molecular weight excluding hydrogens is 455 g/mol. The first-order valence-corrected chi connectivity index (χ1v) is 10.6. The van der Waals surface area contributed by atoms with Crippen molar-refractivity contribution < 1.29 is 27.1 Å². The monoisotopic (exact) mass is 472 g/mol. The van der Waals surface area contributed by atoms with E-state index in [9.17, 15) is 17.6 Å². The molecule has 2 aromatic rings. The molecule has 1 fully saturated rings. The SMILES string of the molecule is COc1ccc(NC(=O)c2ccc(Br)c(S(=O)(=O)N3CCOCC3)c2)cc1F. The van der Waals surface area contributed by atoms with Gasteiger partial charge in [-0.2, -0.15) is 4.31 Å². The number of carbonyl (C=O) groups is 1. The van der Waals surface area contributed by atoms with Gasteiger partial charge in [-0.25, -0.2) is 12.8 Å². The van der Waals surface area contributed by atoms with Crippen LogP contribution in [-0.4, -0.2) is 52.0 Å². The van der Waals surface area contributed by atoms with Gasteiger partial charge in [0.15, 0.2) is 11.6 Å². The van der Waals surface area contributed by atoms with Crippen molar-refractivity contribution in [3.63, 3.8) is 0 Å². The molecule has 0 atom stereocenters. The second-order valence-corrected chi connectivity index (χ2v) is 8.73. The second-order valence-electron chi connectivity index (χ2n) is 5.97. The molecular formula is C18H18BrFN2O5S. The van der Waals surface area contributed by atoms with Gasteiger partial charge in [0.05, 0.1) is 25.2 Å². The van der Waals surface area contributed by atoms with Crippen molar-refractivity contribution in [2.24, 2.45) is 0 Å². The van der Waals surface area contributed by atoms with E-state index in [0.717, 1.165) is 6.07 Å². The largest absolute Gasteiger partial charge is 0.494 e. The van der Waals surface area contributed by atoms with Crippen LogP contribution in [0.4, 0.5) is 10.1 Å². The van der Waals surface area contributed by atoms with Gasteiger partial charge in [0, 0.05) is 34.9 Å². The third-order valence-corrected chi connectivity index (χ3v) is 7.08. The van der Waals surface area contributed by atoms with Crippen LogP contribution in [0.5, 0.6) is 5.75 Å². The molecule has 2 aromatic carbocycles. The summed E-state index contributed by atoms with van der Waals surface area (Å²) in [7, 11) is -2.45. The predicted molar refractivity (Wildman–Crippen MR) is 105 cm³/mol. The fraction of sp³-hybridized carbons (Fsp3) is 0.278. The standard InChI is InChI=1S/C18H18BrFN2O5S/c1-26-16-5-3-13(11-15(16)20)21-18(23)12-2-4-14(19)17(10-12)28(24,25)22-6-8-27-9-7-22/h2-5,10-11H,6-9H2,1H3,(H,21,23). The molecule has 1 aliphatic heterocycles. The lowest BCUT2D eigenvalue weighted by Crippen LogP contribution is -2.40. The zero-order chi connectivity index (χ0) is 20.3. The van der Waals surface area contributed by atoms with E-state index >= 15 is 0 Å². The minimum atomic E-state index is -3.79. The van der Waals surface area contributed by atoms with E-state index in [4.69, 9.17) is 9.47 Å². The summed E-state index contributed by atoms with van der Waals surface area (Å²) in [4.78, 5) is 12.5. The molecule has 0 radical (unpaired) electrons. The van der Waals surface area contributed by atoms with E-state index in [1.54, 1.807) is 0 Å². The van der Waals surface area contributed by atoms with E-state index in [1.807, 2.05) is 0 Å². The molecule has 0 saturated carbocycles. The molecule has 1 aliphatic rings. The lowest BCUT2D eigenvalue weighted by atomic mass is 10.2. The van der Waals surface area contributed by atoms with Crippen LogP contribution in [0.15, 0.2) is 45.8 Å². The number of benzene rings is 2. The summed E-state index contributed by atoms with van der Waals surface area (Å²) < 4.78 is 51.3. The highest BCUT2D eigenvalue weighted by Gasteiger charge is 2.29. The minimum Gasteiger partial charge on any atom is -0.494 e. The fourth-order valence-corrected chi connectivity index (χ4v) is 5.07. The van der Waals surface area contributed by atoms with Gasteiger partial charge in [-0.1, -0.05) is 0 Å². The normalized spacial score (nSPS) is 15.2. The summed E-state index contributed by atoms with van der Waals surface area (Å²) in [5.41, 5.74) is 0.357. The number of sulfonamides is 1. The molecule has 0 aliphatic carbocycles. The summed E-state index contributed by atoms with van der Waals surface area (Å²) in [5, 5.41) is 2.55.